The fourth-order valence-corrected chi connectivity index (χ4v) is 6.43. The molecule has 1 heterocycles. The van der Waals surface area contributed by atoms with E-state index in [9.17, 15) is 36.3 Å². The standard InChI is InChI=1S/C31H31F3N4O5S2/c1-20-19-44-27(36-20)18-38(3)29(41)22-10-7-9-21(15-22)28(40)37-30(2,23-11-5-4-6-12-23)26(39)17-35-45(42,43)25-14-8-13-24(16-25)31(32,33)34/h4-16,19,26,35,39H,17-18H2,1-3H3,(H,37,40)/t26-,30+/m1/s1. The number of hydrogen-bond donors (Lipinski definition) is 3. The summed E-state index contributed by atoms with van der Waals surface area (Å²) in [5, 5.41) is 16.7. The first-order chi connectivity index (χ1) is 21.1. The van der Waals surface area contributed by atoms with Gasteiger partial charge in [0, 0.05) is 35.8 Å². The molecule has 0 bridgehead atoms. The van der Waals surface area contributed by atoms with Crippen molar-refractivity contribution in [2.24, 2.45) is 0 Å². The van der Waals surface area contributed by atoms with Gasteiger partial charge in [0.15, 0.2) is 0 Å². The molecule has 3 aromatic carbocycles. The highest BCUT2D eigenvalue weighted by Gasteiger charge is 2.38. The van der Waals surface area contributed by atoms with Crippen LogP contribution < -0.4 is 10.0 Å². The summed E-state index contributed by atoms with van der Waals surface area (Å²) in [6.45, 7) is 2.98. The van der Waals surface area contributed by atoms with Gasteiger partial charge in [0.2, 0.25) is 10.0 Å². The van der Waals surface area contributed by atoms with Gasteiger partial charge in [0.25, 0.3) is 11.8 Å². The molecule has 4 aromatic rings. The van der Waals surface area contributed by atoms with Crippen molar-refractivity contribution < 1.29 is 36.3 Å². The van der Waals surface area contributed by atoms with Crippen molar-refractivity contribution >= 4 is 33.2 Å². The van der Waals surface area contributed by atoms with Crippen molar-refractivity contribution in [3.05, 3.63) is 117 Å². The summed E-state index contributed by atoms with van der Waals surface area (Å²) >= 11 is 1.43. The van der Waals surface area contributed by atoms with Crippen LogP contribution in [0.15, 0.2) is 89.1 Å². The van der Waals surface area contributed by atoms with Crippen molar-refractivity contribution in [2.75, 3.05) is 13.6 Å². The Hall–Kier alpha value is -4.11. The van der Waals surface area contributed by atoms with Gasteiger partial charge in [-0.1, -0.05) is 42.5 Å². The number of thiazole rings is 1. The number of carbonyl (C=O) groups excluding carboxylic acids is 2. The maximum atomic E-state index is 13.5. The van der Waals surface area contributed by atoms with E-state index < -0.39 is 50.8 Å². The van der Waals surface area contributed by atoms with Crippen LogP contribution in [0.3, 0.4) is 0 Å². The molecule has 1 aromatic heterocycles. The average molecular weight is 661 g/mol. The maximum Gasteiger partial charge on any atom is 0.416 e. The number of aromatic nitrogens is 1. The summed E-state index contributed by atoms with van der Waals surface area (Å²) in [6.07, 6.45) is -6.33. The number of aryl methyl sites for hydroxylation is 1. The van der Waals surface area contributed by atoms with Gasteiger partial charge in [0.1, 0.15) is 5.01 Å². The topological polar surface area (TPSA) is 129 Å². The molecule has 9 nitrogen and oxygen atoms in total. The summed E-state index contributed by atoms with van der Waals surface area (Å²) in [6, 6.07) is 17.5. The molecule has 2 atom stereocenters. The van der Waals surface area contributed by atoms with Crippen LogP contribution in [0, 0.1) is 6.92 Å². The molecule has 0 unspecified atom stereocenters. The van der Waals surface area contributed by atoms with E-state index in [4.69, 9.17) is 0 Å². The smallest absolute Gasteiger partial charge is 0.389 e. The van der Waals surface area contributed by atoms with Crippen molar-refractivity contribution in [3.8, 4) is 0 Å². The zero-order chi connectivity index (χ0) is 33.0. The summed E-state index contributed by atoms with van der Waals surface area (Å²) < 4.78 is 67.4. The largest absolute Gasteiger partial charge is 0.416 e. The summed E-state index contributed by atoms with van der Waals surface area (Å²) in [5.41, 5.74) is -1.09. The molecule has 4 rings (SSSR count). The summed E-state index contributed by atoms with van der Waals surface area (Å²) in [5.74, 6) is -0.999. The van der Waals surface area contributed by atoms with Crippen LogP contribution in [0.2, 0.25) is 0 Å². The Morgan fingerprint density at radius 1 is 0.978 bits per heavy atom. The number of aliphatic hydroxyl groups excluding tert-OH is 1. The number of aliphatic hydroxyl groups is 1. The number of nitrogens with one attached hydrogen (secondary N) is 2. The highest BCUT2D eigenvalue weighted by Crippen LogP contribution is 2.31. The monoisotopic (exact) mass is 660 g/mol. The van der Waals surface area contributed by atoms with Crippen LogP contribution >= 0.6 is 11.3 Å². The van der Waals surface area contributed by atoms with Crippen molar-refractivity contribution in [3.63, 3.8) is 0 Å². The lowest BCUT2D eigenvalue weighted by atomic mass is 9.85. The second-order valence-electron chi connectivity index (χ2n) is 10.5. The van der Waals surface area contributed by atoms with Gasteiger partial charge in [-0.2, -0.15) is 13.2 Å². The fourth-order valence-electron chi connectivity index (χ4n) is 4.52. The number of rotatable bonds is 11. The molecule has 0 spiro atoms. The Morgan fingerprint density at radius 2 is 1.62 bits per heavy atom. The molecule has 2 amide bonds. The van der Waals surface area contributed by atoms with Crippen LogP contribution in [0.5, 0.6) is 0 Å². The van der Waals surface area contributed by atoms with Gasteiger partial charge in [0.05, 0.1) is 28.6 Å². The van der Waals surface area contributed by atoms with E-state index >= 15 is 0 Å². The SMILES string of the molecule is Cc1csc(CN(C)C(=O)c2cccc(C(=O)N[C@@](C)(c3ccccc3)[C@H](O)CNS(=O)(=O)c3cccc(C(F)(F)F)c3)c2)n1. The van der Waals surface area contributed by atoms with Crippen LogP contribution in [0.25, 0.3) is 0 Å². The fraction of sp³-hybridized carbons (Fsp3) is 0.258. The summed E-state index contributed by atoms with van der Waals surface area (Å²) in [4.78, 5) is 31.9. The number of halogens is 3. The van der Waals surface area contributed by atoms with E-state index in [0.717, 1.165) is 28.9 Å². The zero-order valence-electron chi connectivity index (χ0n) is 24.5. The molecule has 14 heteroatoms. The molecule has 0 aliphatic carbocycles. The minimum absolute atomic E-state index is 0.109. The van der Waals surface area contributed by atoms with Crippen molar-refractivity contribution in [2.45, 2.75) is 43.1 Å². The summed E-state index contributed by atoms with van der Waals surface area (Å²) in [7, 11) is -2.85. The number of hydrogen-bond acceptors (Lipinski definition) is 7. The lowest BCUT2D eigenvalue weighted by Gasteiger charge is -2.36. The molecule has 0 aliphatic rings. The van der Waals surface area contributed by atoms with Gasteiger partial charge in [-0.25, -0.2) is 18.1 Å². The van der Waals surface area contributed by atoms with Crippen LogP contribution in [-0.4, -0.2) is 54.9 Å². The Kier molecular flexibility index (Phi) is 10.1. The third-order valence-corrected chi connectivity index (χ3v) is 9.48. The van der Waals surface area contributed by atoms with Crippen LogP contribution in [0.4, 0.5) is 13.2 Å². The van der Waals surface area contributed by atoms with Gasteiger partial charge in [-0.05, 0) is 55.8 Å². The molecule has 0 radical (unpaired) electrons. The minimum Gasteiger partial charge on any atom is -0.389 e. The second kappa shape index (κ2) is 13.5. The minimum atomic E-state index is -4.75. The molecule has 0 saturated carbocycles. The predicted molar refractivity (Wildman–Crippen MR) is 163 cm³/mol. The number of sulfonamides is 1. The van der Waals surface area contributed by atoms with Gasteiger partial charge >= 0.3 is 6.18 Å². The third-order valence-electron chi connectivity index (χ3n) is 7.11. The Morgan fingerprint density at radius 3 is 2.27 bits per heavy atom. The van der Waals surface area contributed by atoms with Gasteiger partial charge in [-0.3, -0.25) is 9.59 Å². The van der Waals surface area contributed by atoms with Crippen molar-refractivity contribution in [1.82, 2.24) is 19.9 Å². The average Bonchev–Trinajstić information content (AvgIpc) is 3.43. The Balaban J connectivity index is 1.54. The first-order valence-corrected chi connectivity index (χ1v) is 16.0. The van der Waals surface area contributed by atoms with E-state index in [-0.39, 0.29) is 23.6 Å². The maximum absolute atomic E-state index is 13.5. The Bertz CT molecular complexity index is 1780. The van der Waals surface area contributed by atoms with Gasteiger partial charge < -0.3 is 15.3 Å². The first-order valence-electron chi connectivity index (χ1n) is 13.6. The molecule has 0 saturated heterocycles. The lowest BCUT2D eigenvalue weighted by molar-refractivity contribution is -0.137. The number of amides is 2. The highest BCUT2D eigenvalue weighted by molar-refractivity contribution is 7.89. The van der Waals surface area contributed by atoms with E-state index in [1.54, 1.807) is 49.5 Å². The number of alkyl halides is 3. The number of carbonyl (C=O) groups is 2. The van der Waals surface area contributed by atoms with Gasteiger partial charge in [-0.15, -0.1) is 11.3 Å². The molecule has 45 heavy (non-hydrogen) atoms. The van der Waals surface area contributed by atoms with Crippen LogP contribution in [0.1, 0.15) is 49.5 Å². The van der Waals surface area contributed by atoms with E-state index in [1.807, 2.05) is 12.3 Å². The van der Waals surface area contributed by atoms with E-state index in [1.165, 1.54) is 35.3 Å². The molecule has 238 valence electrons. The molecular weight excluding hydrogens is 629 g/mol. The zero-order valence-corrected chi connectivity index (χ0v) is 26.1. The van der Waals surface area contributed by atoms with E-state index in [0.29, 0.717) is 11.6 Å². The highest BCUT2D eigenvalue weighted by atomic mass is 32.2. The third kappa shape index (κ3) is 8.14. The van der Waals surface area contributed by atoms with Crippen molar-refractivity contribution in [1.29, 1.82) is 0 Å². The number of benzene rings is 3. The molecule has 0 aliphatic heterocycles. The quantitative estimate of drug-likeness (QED) is 0.214. The lowest BCUT2D eigenvalue weighted by Crippen LogP contribution is -2.55. The molecule has 0 fully saturated rings. The predicted octanol–water partition coefficient (Wildman–Crippen LogP) is 4.73. The second-order valence-corrected chi connectivity index (χ2v) is 13.3. The van der Waals surface area contributed by atoms with Crippen LogP contribution in [-0.2, 0) is 28.3 Å². The Labute approximate surface area is 262 Å². The number of nitrogens with zero attached hydrogens (tertiary/aromatic N) is 2. The molecule has 3 N–H and O–H groups in total. The van der Waals surface area contributed by atoms with E-state index in [2.05, 4.69) is 15.0 Å². The molecular formula is C31H31F3N4O5S2. The normalized spacial score (nSPS) is 13.9. The first kappa shape index (κ1) is 33.8.